The first-order valence-corrected chi connectivity index (χ1v) is 7.22. The molecule has 0 aromatic heterocycles. The molecule has 3 unspecified atom stereocenters. The molecular weight excluding hydrogens is 300 g/mol. The van der Waals surface area contributed by atoms with Crippen molar-refractivity contribution in [3.05, 3.63) is 34.9 Å². The van der Waals surface area contributed by atoms with Gasteiger partial charge in [-0.2, -0.15) is 0 Å². The van der Waals surface area contributed by atoms with Gasteiger partial charge in [0.2, 0.25) is 0 Å². The Hall–Kier alpha value is -2.36. The lowest BCUT2D eigenvalue weighted by Crippen LogP contribution is -2.39. The summed E-state index contributed by atoms with van der Waals surface area (Å²) in [5, 5.41) is 18.7. The maximum atomic E-state index is 11.0. The molecule has 2 rings (SSSR count). The van der Waals surface area contributed by atoms with Crippen LogP contribution in [-0.4, -0.2) is 41.0 Å². The second kappa shape index (κ2) is 7.77. The Balaban J connectivity index is 2.18. The molecule has 6 heteroatoms. The van der Waals surface area contributed by atoms with Crippen molar-refractivity contribution in [3.8, 4) is 11.8 Å². The molecule has 1 aromatic carbocycles. The van der Waals surface area contributed by atoms with Crippen molar-refractivity contribution >= 4 is 12.4 Å². The van der Waals surface area contributed by atoms with Gasteiger partial charge in [0, 0.05) is 24.0 Å². The highest BCUT2D eigenvalue weighted by Crippen LogP contribution is 2.20. The Bertz CT molecular complexity index is 642. The highest BCUT2D eigenvalue weighted by atomic mass is 16.5. The van der Waals surface area contributed by atoms with Crippen LogP contribution < -0.4 is 0 Å². The van der Waals surface area contributed by atoms with Crippen molar-refractivity contribution in [2.75, 3.05) is 0 Å². The fourth-order valence-corrected chi connectivity index (χ4v) is 2.37. The zero-order valence-corrected chi connectivity index (χ0v) is 12.7. The standard InChI is InChI=1S/C17H18O6/c1-11-2-3-13(9-22-10-18)12(6-11)4-5-15-7-14(19)8-16(23-15)17(20)21/h2-3,6,10,14-16,19H,7-9H2,1H3,(H,20,21). The lowest BCUT2D eigenvalue weighted by Gasteiger charge is -2.27. The molecular formula is C17H18O6. The molecule has 0 aliphatic carbocycles. The number of carbonyl (C=O) groups excluding carboxylic acids is 1. The number of aliphatic carboxylic acids is 1. The first-order chi connectivity index (χ1) is 11.0. The molecule has 1 aliphatic heterocycles. The van der Waals surface area contributed by atoms with E-state index >= 15 is 0 Å². The maximum Gasteiger partial charge on any atom is 0.332 e. The molecule has 3 atom stereocenters. The molecule has 1 aromatic rings. The van der Waals surface area contributed by atoms with Crippen LogP contribution in [0.5, 0.6) is 0 Å². The van der Waals surface area contributed by atoms with Crippen molar-refractivity contribution in [2.45, 2.75) is 44.7 Å². The number of hydrogen-bond acceptors (Lipinski definition) is 5. The number of hydrogen-bond donors (Lipinski definition) is 2. The third kappa shape index (κ3) is 4.81. The number of carbonyl (C=O) groups is 2. The fourth-order valence-electron chi connectivity index (χ4n) is 2.37. The molecule has 2 N–H and O–H groups in total. The Kier molecular flexibility index (Phi) is 5.74. The minimum absolute atomic E-state index is 0.0659. The third-order valence-electron chi connectivity index (χ3n) is 3.52. The fraction of sp³-hybridized carbons (Fsp3) is 0.412. The van der Waals surface area contributed by atoms with Gasteiger partial charge in [0.1, 0.15) is 12.7 Å². The van der Waals surface area contributed by atoms with Gasteiger partial charge in [-0.25, -0.2) is 4.79 Å². The van der Waals surface area contributed by atoms with Crippen molar-refractivity contribution in [1.29, 1.82) is 0 Å². The second-order valence-electron chi connectivity index (χ2n) is 5.41. The first-order valence-electron chi connectivity index (χ1n) is 7.22. The molecule has 122 valence electrons. The average Bonchev–Trinajstić information content (AvgIpc) is 2.51. The zero-order chi connectivity index (χ0) is 16.8. The predicted molar refractivity (Wildman–Crippen MR) is 80.4 cm³/mol. The van der Waals surface area contributed by atoms with Crippen molar-refractivity contribution < 1.29 is 29.3 Å². The van der Waals surface area contributed by atoms with Crippen LogP contribution in [0.15, 0.2) is 18.2 Å². The topological polar surface area (TPSA) is 93.1 Å². The largest absolute Gasteiger partial charge is 0.479 e. The molecule has 0 spiro atoms. The van der Waals surface area contributed by atoms with Gasteiger partial charge in [0.05, 0.1) is 6.10 Å². The lowest BCUT2D eigenvalue weighted by molar-refractivity contribution is -0.161. The van der Waals surface area contributed by atoms with Crippen LogP contribution in [0.25, 0.3) is 0 Å². The van der Waals surface area contributed by atoms with E-state index in [9.17, 15) is 14.7 Å². The monoisotopic (exact) mass is 318 g/mol. The molecule has 1 fully saturated rings. The van der Waals surface area contributed by atoms with E-state index in [0.717, 1.165) is 11.1 Å². The Labute approximate surface area is 134 Å². The van der Waals surface area contributed by atoms with E-state index in [2.05, 4.69) is 11.8 Å². The van der Waals surface area contributed by atoms with Gasteiger partial charge < -0.3 is 19.7 Å². The summed E-state index contributed by atoms with van der Waals surface area (Å²) in [5.41, 5.74) is 2.43. The van der Waals surface area contributed by atoms with Crippen LogP contribution in [0.1, 0.15) is 29.5 Å². The minimum Gasteiger partial charge on any atom is -0.479 e. The van der Waals surface area contributed by atoms with Gasteiger partial charge in [0.25, 0.3) is 6.47 Å². The van der Waals surface area contributed by atoms with Crippen molar-refractivity contribution in [1.82, 2.24) is 0 Å². The Morgan fingerprint density at radius 2 is 2.26 bits per heavy atom. The number of ether oxygens (including phenoxy) is 2. The van der Waals surface area contributed by atoms with E-state index < -0.39 is 24.3 Å². The molecule has 1 saturated heterocycles. The van der Waals surface area contributed by atoms with Crippen LogP contribution in [-0.2, 0) is 25.7 Å². The van der Waals surface area contributed by atoms with Crippen LogP contribution >= 0.6 is 0 Å². The van der Waals surface area contributed by atoms with Gasteiger partial charge in [-0.05, 0) is 18.6 Å². The summed E-state index contributed by atoms with van der Waals surface area (Å²) in [6.07, 6.45) is -2.12. The van der Waals surface area contributed by atoms with Gasteiger partial charge in [0.15, 0.2) is 6.10 Å². The van der Waals surface area contributed by atoms with E-state index in [-0.39, 0.29) is 19.4 Å². The summed E-state index contributed by atoms with van der Waals surface area (Å²) in [4.78, 5) is 21.3. The average molecular weight is 318 g/mol. The number of carboxylic acids is 1. The van der Waals surface area contributed by atoms with Gasteiger partial charge in [-0.3, -0.25) is 4.79 Å². The predicted octanol–water partition coefficient (Wildman–Crippen LogP) is 1.01. The van der Waals surface area contributed by atoms with E-state index in [4.69, 9.17) is 14.6 Å². The summed E-state index contributed by atoms with van der Waals surface area (Å²) in [6, 6.07) is 5.56. The van der Waals surface area contributed by atoms with Gasteiger partial charge in [-0.1, -0.05) is 24.0 Å². The number of rotatable bonds is 4. The number of carboxylic acid groups (broad SMARTS) is 1. The first kappa shape index (κ1) is 17.0. The van der Waals surface area contributed by atoms with Crippen LogP contribution in [0.3, 0.4) is 0 Å². The minimum atomic E-state index is -1.11. The highest BCUT2D eigenvalue weighted by Gasteiger charge is 2.31. The third-order valence-corrected chi connectivity index (χ3v) is 3.52. The van der Waals surface area contributed by atoms with E-state index in [1.54, 1.807) is 0 Å². The quantitative estimate of drug-likeness (QED) is 0.636. The second-order valence-corrected chi connectivity index (χ2v) is 5.41. The smallest absolute Gasteiger partial charge is 0.332 e. The molecule has 0 bridgehead atoms. The SMILES string of the molecule is Cc1ccc(COC=O)c(C#CC2CC(O)CC(C(=O)O)O2)c1. The summed E-state index contributed by atoms with van der Waals surface area (Å²) in [5.74, 6) is 4.69. The molecule has 1 heterocycles. The lowest BCUT2D eigenvalue weighted by atomic mass is 10.00. The summed E-state index contributed by atoms with van der Waals surface area (Å²) in [7, 11) is 0. The summed E-state index contributed by atoms with van der Waals surface area (Å²) >= 11 is 0. The highest BCUT2D eigenvalue weighted by molar-refractivity contribution is 5.72. The van der Waals surface area contributed by atoms with E-state index in [1.165, 1.54) is 0 Å². The van der Waals surface area contributed by atoms with E-state index in [0.29, 0.717) is 12.0 Å². The van der Waals surface area contributed by atoms with Crippen LogP contribution in [0, 0.1) is 18.8 Å². The molecule has 23 heavy (non-hydrogen) atoms. The zero-order valence-electron chi connectivity index (χ0n) is 12.7. The Morgan fingerprint density at radius 1 is 1.48 bits per heavy atom. The summed E-state index contributed by atoms with van der Waals surface area (Å²) in [6.45, 7) is 2.39. The molecule has 0 saturated carbocycles. The maximum absolute atomic E-state index is 11.0. The van der Waals surface area contributed by atoms with Gasteiger partial charge >= 0.3 is 5.97 Å². The van der Waals surface area contributed by atoms with Gasteiger partial charge in [-0.15, -0.1) is 0 Å². The Morgan fingerprint density at radius 3 is 2.96 bits per heavy atom. The van der Waals surface area contributed by atoms with E-state index in [1.807, 2.05) is 25.1 Å². The number of aliphatic hydroxyl groups is 1. The number of aliphatic hydroxyl groups excluding tert-OH is 1. The number of aryl methyl sites for hydroxylation is 1. The summed E-state index contributed by atoms with van der Waals surface area (Å²) < 4.78 is 10.1. The molecule has 6 nitrogen and oxygen atoms in total. The van der Waals surface area contributed by atoms with Crippen molar-refractivity contribution in [2.24, 2.45) is 0 Å². The normalized spacial score (nSPS) is 23.5. The molecule has 1 aliphatic rings. The molecule has 0 radical (unpaired) electrons. The molecule has 0 amide bonds. The van der Waals surface area contributed by atoms with Crippen LogP contribution in [0.2, 0.25) is 0 Å². The van der Waals surface area contributed by atoms with Crippen molar-refractivity contribution in [3.63, 3.8) is 0 Å². The van der Waals surface area contributed by atoms with Crippen LogP contribution in [0.4, 0.5) is 0 Å². The number of benzene rings is 1.